The molecule has 8 nitrogen and oxygen atoms in total. The van der Waals surface area contributed by atoms with Gasteiger partial charge in [-0.1, -0.05) is 30.8 Å². The number of carboxylic acid groups (broad SMARTS) is 1. The van der Waals surface area contributed by atoms with E-state index in [1.165, 1.54) is 6.33 Å². The van der Waals surface area contributed by atoms with Crippen LogP contribution in [0.15, 0.2) is 73.2 Å². The standard InChI is InChI=1S/C23H19N5O3/c1-13(2)22(29)27-17-9-7-14(8-10-17)18-11-28-20(21(24)25-12-26-28)19(18)15-3-5-16(6-4-15)23(30)31/h3-12H,1H2,2H3,(H,27,29)(H,30,31)(H2,24,25,26). The van der Waals surface area contributed by atoms with Gasteiger partial charge in [-0.25, -0.2) is 14.3 Å². The summed E-state index contributed by atoms with van der Waals surface area (Å²) in [7, 11) is 0. The average Bonchev–Trinajstić information content (AvgIpc) is 3.15. The second-order valence-electron chi connectivity index (χ2n) is 7.05. The van der Waals surface area contributed by atoms with Crippen LogP contribution < -0.4 is 11.1 Å². The van der Waals surface area contributed by atoms with Crippen LogP contribution in [0.5, 0.6) is 0 Å². The van der Waals surface area contributed by atoms with E-state index in [4.69, 9.17) is 5.73 Å². The van der Waals surface area contributed by atoms with Gasteiger partial charge in [0, 0.05) is 28.6 Å². The Balaban J connectivity index is 1.84. The highest BCUT2D eigenvalue weighted by Gasteiger charge is 2.18. The SMILES string of the molecule is C=C(C)C(=O)Nc1ccc(-c2cn3ncnc(N)c3c2-c2ccc(C(=O)O)cc2)cc1. The van der Waals surface area contributed by atoms with Gasteiger partial charge in [-0.15, -0.1) is 0 Å². The minimum Gasteiger partial charge on any atom is -0.478 e. The molecule has 0 unspecified atom stereocenters. The maximum atomic E-state index is 11.9. The predicted octanol–water partition coefficient (Wildman–Crippen LogP) is 3.86. The Labute approximate surface area is 177 Å². The highest BCUT2D eigenvalue weighted by Crippen LogP contribution is 2.38. The van der Waals surface area contributed by atoms with Gasteiger partial charge in [0.05, 0.1) is 5.56 Å². The number of aromatic carboxylic acids is 1. The Morgan fingerprint density at radius 3 is 2.32 bits per heavy atom. The fourth-order valence-corrected chi connectivity index (χ4v) is 3.30. The Morgan fingerprint density at radius 2 is 1.71 bits per heavy atom. The summed E-state index contributed by atoms with van der Waals surface area (Å²) in [6, 6.07) is 13.9. The lowest BCUT2D eigenvalue weighted by Gasteiger charge is -2.09. The van der Waals surface area contributed by atoms with Gasteiger partial charge < -0.3 is 16.2 Å². The lowest BCUT2D eigenvalue weighted by Crippen LogP contribution is -2.11. The van der Waals surface area contributed by atoms with Crippen LogP contribution in [0.4, 0.5) is 11.5 Å². The minimum absolute atomic E-state index is 0.190. The van der Waals surface area contributed by atoms with Crippen LogP contribution in [0.3, 0.4) is 0 Å². The summed E-state index contributed by atoms with van der Waals surface area (Å²) in [6.07, 6.45) is 3.22. The molecule has 2 heterocycles. The van der Waals surface area contributed by atoms with Crippen molar-refractivity contribution in [3.63, 3.8) is 0 Å². The van der Waals surface area contributed by atoms with Crippen molar-refractivity contribution in [2.45, 2.75) is 6.92 Å². The number of carbonyl (C=O) groups excluding carboxylic acids is 1. The second-order valence-corrected chi connectivity index (χ2v) is 7.05. The largest absolute Gasteiger partial charge is 0.478 e. The molecule has 8 heteroatoms. The van der Waals surface area contributed by atoms with E-state index in [1.54, 1.807) is 47.8 Å². The topological polar surface area (TPSA) is 123 Å². The number of carboxylic acids is 1. The van der Waals surface area contributed by atoms with E-state index in [0.717, 1.165) is 22.3 Å². The Kier molecular flexibility index (Phi) is 4.96. The molecule has 4 N–H and O–H groups in total. The van der Waals surface area contributed by atoms with Crippen LogP contribution in [0, 0.1) is 0 Å². The zero-order valence-electron chi connectivity index (χ0n) is 16.7. The van der Waals surface area contributed by atoms with Gasteiger partial charge in [0.1, 0.15) is 11.8 Å². The Bertz CT molecular complexity index is 1320. The summed E-state index contributed by atoms with van der Waals surface area (Å²) in [5.41, 5.74) is 11.3. The molecule has 2 aromatic carbocycles. The molecule has 0 radical (unpaired) electrons. The summed E-state index contributed by atoms with van der Waals surface area (Å²) in [6.45, 7) is 5.28. The van der Waals surface area contributed by atoms with Crippen molar-refractivity contribution in [1.29, 1.82) is 0 Å². The van der Waals surface area contributed by atoms with Crippen LogP contribution in [0.25, 0.3) is 27.8 Å². The monoisotopic (exact) mass is 413 g/mol. The zero-order chi connectivity index (χ0) is 22.1. The van der Waals surface area contributed by atoms with Crippen LogP contribution in [-0.4, -0.2) is 31.6 Å². The van der Waals surface area contributed by atoms with Gasteiger partial charge >= 0.3 is 5.97 Å². The number of nitrogens with zero attached hydrogens (tertiary/aromatic N) is 3. The fraction of sp³-hybridized carbons (Fsp3) is 0.0435. The number of aromatic nitrogens is 3. The smallest absolute Gasteiger partial charge is 0.335 e. The molecule has 0 aliphatic heterocycles. The number of benzene rings is 2. The number of anilines is 2. The molecular formula is C23H19N5O3. The molecule has 0 aliphatic rings. The second kappa shape index (κ2) is 7.75. The van der Waals surface area contributed by atoms with E-state index >= 15 is 0 Å². The van der Waals surface area contributed by atoms with Crippen LogP contribution in [0.2, 0.25) is 0 Å². The summed E-state index contributed by atoms with van der Waals surface area (Å²) in [4.78, 5) is 27.2. The van der Waals surface area contributed by atoms with Gasteiger partial charge in [-0.2, -0.15) is 5.10 Å². The molecule has 0 spiro atoms. The van der Waals surface area contributed by atoms with Gasteiger partial charge in [0.15, 0.2) is 5.82 Å². The minimum atomic E-state index is -0.997. The van der Waals surface area contributed by atoms with Crippen molar-refractivity contribution < 1.29 is 14.7 Å². The summed E-state index contributed by atoms with van der Waals surface area (Å²) in [5.74, 6) is -0.933. The first-order valence-corrected chi connectivity index (χ1v) is 9.38. The third kappa shape index (κ3) is 3.74. The van der Waals surface area contributed by atoms with Crippen LogP contribution in [0.1, 0.15) is 17.3 Å². The number of nitrogen functional groups attached to an aromatic ring is 1. The van der Waals surface area contributed by atoms with Crippen molar-refractivity contribution in [1.82, 2.24) is 14.6 Å². The van der Waals surface area contributed by atoms with Crippen molar-refractivity contribution in [3.8, 4) is 22.3 Å². The van der Waals surface area contributed by atoms with E-state index in [0.29, 0.717) is 22.6 Å². The number of nitrogens with one attached hydrogen (secondary N) is 1. The zero-order valence-corrected chi connectivity index (χ0v) is 16.7. The fourth-order valence-electron chi connectivity index (χ4n) is 3.30. The predicted molar refractivity (Wildman–Crippen MR) is 119 cm³/mol. The number of carbonyl (C=O) groups is 2. The van der Waals surface area contributed by atoms with E-state index in [-0.39, 0.29) is 11.5 Å². The maximum absolute atomic E-state index is 11.9. The third-order valence-electron chi connectivity index (χ3n) is 4.86. The van der Waals surface area contributed by atoms with Gasteiger partial charge in [-0.3, -0.25) is 4.79 Å². The molecule has 2 aromatic heterocycles. The third-order valence-corrected chi connectivity index (χ3v) is 4.86. The highest BCUT2D eigenvalue weighted by atomic mass is 16.4. The van der Waals surface area contributed by atoms with Crippen molar-refractivity contribution in [2.24, 2.45) is 0 Å². The van der Waals surface area contributed by atoms with Crippen LogP contribution >= 0.6 is 0 Å². The van der Waals surface area contributed by atoms with Crippen LogP contribution in [-0.2, 0) is 4.79 Å². The van der Waals surface area contributed by atoms with Gasteiger partial charge in [0.25, 0.3) is 5.91 Å². The number of amides is 1. The molecule has 31 heavy (non-hydrogen) atoms. The van der Waals surface area contributed by atoms with E-state index in [2.05, 4.69) is 22.0 Å². The molecular weight excluding hydrogens is 394 g/mol. The Hall–Kier alpha value is -4.46. The maximum Gasteiger partial charge on any atom is 0.335 e. The van der Waals surface area contributed by atoms with Crippen molar-refractivity contribution in [2.75, 3.05) is 11.1 Å². The molecule has 4 rings (SSSR count). The molecule has 0 bridgehead atoms. The average molecular weight is 413 g/mol. The number of hydrogen-bond acceptors (Lipinski definition) is 5. The molecule has 0 aliphatic carbocycles. The number of nitrogens with two attached hydrogens (primary N) is 1. The van der Waals surface area contributed by atoms with Crippen molar-refractivity contribution >= 4 is 28.9 Å². The number of hydrogen-bond donors (Lipinski definition) is 3. The molecule has 0 fully saturated rings. The van der Waals surface area contributed by atoms with E-state index in [1.807, 2.05) is 18.3 Å². The summed E-state index contributed by atoms with van der Waals surface area (Å²) >= 11 is 0. The lowest BCUT2D eigenvalue weighted by atomic mass is 9.96. The van der Waals surface area contributed by atoms with Gasteiger partial charge in [0.2, 0.25) is 0 Å². The van der Waals surface area contributed by atoms with Gasteiger partial charge in [-0.05, 0) is 42.3 Å². The first-order chi connectivity index (χ1) is 14.8. The van der Waals surface area contributed by atoms with E-state index < -0.39 is 5.97 Å². The number of fused-ring (bicyclic) bond motifs is 1. The quantitative estimate of drug-likeness (QED) is 0.427. The first kappa shape index (κ1) is 19.8. The molecule has 1 amide bonds. The lowest BCUT2D eigenvalue weighted by molar-refractivity contribution is -0.112. The molecule has 0 saturated heterocycles. The summed E-state index contributed by atoms with van der Waals surface area (Å²) in [5, 5.41) is 16.2. The number of rotatable bonds is 5. The molecule has 154 valence electrons. The normalized spacial score (nSPS) is 10.7. The Morgan fingerprint density at radius 1 is 1.06 bits per heavy atom. The van der Waals surface area contributed by atoms with Crippen molar-refractivity contribution in [3.05, 3.63) is 78.8 Å². The molecule has 4 aromatic rings. The summed E-state index contributed by atoms with van der Waals surface area (Å²) < 4.78 is 1.65. The molecule has 0 saturated carbocycles. The molecule has 0 atom stereocenters. The first-order valence-electron chi connectivity index (χ1n) is 9.38. The van der Waals surface area contributed by atoms with E-state index in [9.17, 15) is 14.7 Å². The highest BCUT2D eigenvalue weighted by molar-refractivity contribution is 6.03.